The maximum atomic E-state index is 9.05. The van der Waals surface area contributed by atoms with Crippen molar-refractivity contribution in [2.24, 2.45) is 0 Å². The fourth-order valence-electron chi connectivity index (χ4n) is 1.57. The zero-order valence-corrected chi connectivity index (χ0v) is 11.0. The summed E-state index contributed by atoms with van der Waals surface area (Å²) >= 11 is 1.60. The smallest absolute Gasteiger partial charge is 0.121 e. The molecule has 0 saturated heterocycles. The molecule has 0 aliphatic heterocycles. The van der Waals surface area contributed by atoms with Gasteiger partial charge in [0.2, 0.25) is 0 Å². The summed E-state index contributed by atoms with van der Waals surface area (Å²) in [4.78, 5) is 5.36. The first-order valence-electron chi connectivity index (χ1n) is 5.45. The Morgan fingerprint density at radius 1 is 1.50 bits per heavy atom. The summed E-state index contributed by atoms with van der Waals surface area (Å²) in [5.41, 5.74) is 4.24. The molecule has 1 N–H and O–H groups in total. The molecule has 4 nitrogen and oxygen atoms in total. The molecule has 1 heterocycles. The van der Waals surface area contributed by atoms with Gasteiger partial charge in [-0.15, -0.1) is 11.3 Å². The van der Waals surface area contributed by atoms with Crippen LogP contribution in [0.4, 0.5) is 5.69 Å². The molecule has 1 aromatic carbocycles. The maximum absolute atomic E-state index is 9.05. The molecule has 5 heteroatoms. The lowest BCUT2D eigenvalue weighted by atomic mass is 10.2. The Balaban J connectivity index is 2.18. The van der Waals surface area contributed by atoms with Gasteiger partial charge in [-0.25, -0.2) is 4.98 Å². The Labute approximate surface area is 110 Å². The summed E-state index contributed by atoms with van der Waals surface area (Å²) in [5.74, 6) is 0.734. The number of aromatic nitrogens is 1. The molecular weight excluding hydrogens is 246 g/mol. The Hall–Kier alpha value is -2.06. The van der Waals surface area contributed by atoms with Gasteiger partial charge in [-0.3, -0.25) is 0 Å². The van der Waals surface area contributed by atoms with Gasteiger partial charge in [-0.2, -0.15) is 5.26 Å². The van der Waals surface area contributed by atoms with Gasteiger partial charge in [0.15, 0.2) is 0 Å². The topological polar surface area (TPSA) is 57.9 Å². The second-order valence-electron chi connectivity index (χ2n) is 3.74. The van der Waals surface area contributed by atoms with E-state index in [0.29, 0.717) is 12.1 Å². The highest BCUT2D eigenvalue weighted by atomic mass is 32.1. The number of nitrogens with zero attached hydrogens (tertiary/aromatic N) is 2. The Morgan fingerprint density at radius 3 is 2.94 bits per heavy atom. The van der Waals surface area contributed by atoms with Gasteiger partial charge in [0.1, 0.15) is 11.8 Å². The Morgan fingerprint density at radius 2 is 2.33 bits per heavy atom. The van der Waals surface area contributed by atoms with E-state index >= 15 is 0 Å². The van der Waals surface area contributed by atoms with E-state index in [9.17, 15) is 0 Å². The van der Waals surface area contributed by atoms with Crippen LogP contribution in [0.25, 0.3) is 0 Å². The molecule has 2 aromatic rings. The monoisotopic (exact) mass is 259 g/mol. The minimum atomic E-state index is 0.609. The molecular formula is C13H13N3OS. The molecule has 2 rings (SSSR count). The quantitative estimate of drug-likeness (QED) is 0.917. The van der Waals surface area contributed by atoms with E-state index in [4.69, 9.17) is 10.00 Å². The maximum Gasteiger partial charge on any atom is 0.121 e. The lowest BCUT2D eigenvalue weighted by molar-refractivity contribution is 0.415. The van der Waals surface area contributed by atoms with Crippen LogP contribution in [-0.2, 0) is 6.54 Å². The van der Waals surface area contributed by atoms with Gasteiger partial charge < -0.3 is 10.1 Å². The number of hydrogen-bond donors (Lipinski definition) is 1. The van der Waals surface area contributed by atoms with Crippen LogP contribution in [0.3, 0.4) is 0 Å². The number of hydrogen-bond acceptors (Lipinski definition) is 5. The molecule has 0 unspecified atom stereocenters. The molecule has 0 aliphatic rings. The highest BCUT2D eigenvalue weighted by molar-refractivity contribution is 7.09. The van der Waals surface area contributed by atoms with Crippen molar-refractivity contribution in [2.75, 3.05) is 12.4 Å². The van der Waals surface area contributed by atoms with Gasteiger partial charge in [0, 0.05) is 10.9 Å². The number of nitriles is 1. The minimum Gasteiger partial charge on any atom is -0.497 e. The lowest BCUT2D eigenvalue weighted by Crippen LogP contribution is -2.01. The molecule has 0 fully saturated rings. The van der Waals surface area contributed by atoms with E-state index in [0.717, 1.165) is 17.1 Å². The van der Waals surface area contributed by atoms with Crippen molar-refractivity contribution < 1.29 is 4.74 Å². The molecule has 92 valence electrons. The first-order chi connectivity index (χ1) is 8.74. The van der Waals surface area contributed by atoms with Crippen LogP contribution in [0.15, 0.2) is 23.7 Å². The Kier molecular flexibility index (Phi) is 3.80. The van der Waals surface area contributed by atoms with Crippen molar-refractivity contribution in [2.45, 2.75) is 13.5 Å². The van der Waals surface area contributed by atoms with Gasteiger partial charge >= 0.3 is 0 Å². The molecule has 0 amide bonds. The summed E-state index contributed by atoms with van der Waals surface area (Å²) in [6.07, 6.45) is 0. The minimum absolute atomic E-state index is 0.609. The number of benzene rings is 1. The number of nitrogens with one attached hydrogen (secondary N) is 1. The van der Waals surface area contributed by atoms with Crippen LogP contribution in [0, 0.1) is 18.3 Å². The number of aryl methyl sites for hydroxylation is 1. The van der Waals surface area contributed by atoms with E-state index in [1.165, 1.54) is 4.88 Å². The first-order valence-corrected chi connectivity index (χ1v) is 6.33. The number of rotatable bonds is 4. The average molecular weight is 259 g/mol. The zero-order chi connectivity index (χ0) is 13.0. The van der Waals surface area contributed by atoms with E-state index in [1.807, 2.05) is 18.5 Å². The second-order valence-corrected chi connectivity index (χ2v) is 4.68. The van der Waals surface area contributed by atoms with E-state index in [2.05, 4.69) is 16.4 Å². The fraction of sp³-hybridized carbons (Fsp3) is 0.231. The van der Waals surface area contributed by atoms with Crippen LogP contribution < -0.4 is 10.1 Å². The SMILES string of the molecule is COc1ccc(C#N)c(NCc2scnc2C)c1. The van der Waals surface area contributed by atoms with Crippen LogP contribution in [0.1, 0.15) is 16.1 Å². The number of ether oxygens (including phenoxy) is 1. The Bertz CT molecular complexity index is 586. The van der Waals surface area contributed by atoms with Crippen molar-refractivity contribution in [3.8, 4) is 11.8 Å². The average Bonchev–Trinajstić information content (AvgIpc) is 2.81. The molecule has 0 bridgehead atoms. The van der Waals surface area contributed by atoms with E-state index < -0.39 is 0 Å². The summed E-state index contributed by atoms with van der Waals surface area (Å²) < 4.78 is 5.16. The fourth-order valence-corrected chi connectivity index (χ4v) is 2.28. The molecule has 0 aliphatic carbocycles. The third-order valence-electron chi connectivity index (χ3n) is 2.63. The van der Waals surface area contributed by atoms with Crippen LogP contribution in [0.2, 0.25) is 0 Å². The molecule has 0 radical (unpaired) electrons. The highest BCUT2D eigenvalue weighted by Gasteiger charge is 2.06. The molecule has 0 atom stereocenters. The summed E-state index contributed by atoms with van der Waals surface area (Å²) in [5, 5.41) is 12.3. The highest BCUT2D eigenvalue weighted by Crippen LogP contribution is 2.23. The molecule has 18 heavy (non-hydrogen) atoms. The molecule has 1 aromatic heterocycles. The second kappa shape index (κ2) is 5.52. The largest absolute Gasteiger partial charge is 0.497 e. The van der Waals surface area contributed by atoms with E-state index in [-0.39, 0.29) is 0 Å². The zero-order valence-electron chi connectivity index (χ0n) is 10.2. The van der Waals surface area contributed by atoms with Gasteiger partial charge in [-0.05, 0) is 19.1 Å². The lowest BCUT2D eigenvalue weighted by Gasteiger charge is -2.09. The van der Waals surface area contributed by atoms with Crippen molar-refractivity contribution >= 4 is 17.0 Å². The number of thiazole rings is 1. The van der Waals surface area contributed by atoms with Gasteiger partial charge in [0.25, 0.3) is 0 Å². The third kappa shape index (κ3) is 2.60. The molecule has 0 spiro atoms. The summed E-state index contributed by atoms with van der Waals surface area (Å²) in [6, 6.07) is 7.52. The van der Waals surface area contributed by atoms with Crippen molar-refractivity contribution in [1.82, 2.24) is 4.98 Å². The normalized spacial score (nSPS) is 9.83. The predicted molar refractivity (Wildman–Crippen MR) is 71.9 cm³/mol. The van der Waals surface area contributed by atoms with Crippen LogP contribution in [0.5, 0.6) is 5.75 Å². The molecule has 0 saturated carbocycles. The number of methoxy groups -OCH3 is 1. The summed E-state index contributed by atoms with van der Waals surface area (Å²) in [7, 11) is 1.61. The standard InChI is InChI=1S/C13H13N3OS/c1-9-13(18-8-16-9)7-15-12-5-11(17-2)4-3-10(12)6-14/h3-5,8,15H,7H2,1-2H3. The number of anilines is 1. The summed E-state index contributed by atoms with van der Waals surface area (Å²) in [6.45, 7) is 2.64. The van der Waals surface area contributed by atoms with Crippen LogP contribution in [-0.4, -0.2) is 12.1 Å². The third-order valence-corrected chi connectivity index (χ3v) is 3.57. The van der Waals surface area contributed by atoms with Gasteiger partial charge in [0.05, 0.1) is 36.1 Å². The van der Waals surface area contributed by atoms with Crippen molar-refractivity contribution in [3.05, 3.63) is 39.8 Å². The van der Waals surface area contributed by atoms with Gasteiger partial charge in [-0.1, -0.05) is 0 Å². The predicted octanol–water partition coefficient (Wildman–Crippen LogP) is 2.94. The van der Waals surface area contributed by atoms with E-state index in [1.54, 1.807) is 30.6 Å². The first kappa shape index (κ1) is 12.4. The van der Waals surface area contributed by atoms with Crippen molar-refractivity contribution in [1.29, 1.82) is 5.26 Å². The van der Waals surface area contributed by atoms with Crippen LogP contribution >= 0.6 is 11.3 Å². The van der Waals surface area contributed by atoms with Crippen molar-refractivity contribution in [3.63, 3.8) is 0 Å².